The first-order valence-electron chi connectivity index (χ1n) is 8.60. The van der Waals surface area contributed by atoms with E-state index in [-0.39, 0.29) is 36.1 Å². The van der Waals surface area contributed by atoms with Crippen LogP contribution in [0.3, 0.4) is 0 Å². The summed E-state index contributed by atoms with van der Waals surface area (Å²) < 4.78 is 23.6. The van der Waals surface area contributed by atoms with E-state index >= 15 is 0 Å². The number of amides is 2. The Hall–Kier alpha value is -2.87. The number of likely N-dealkylation sites (tertiary alicyclic amines) is 1. The van der Waals surface area contributed by atoms with E-state index in [0.29, 0.717) is 5.76 Å². The van der Waals surface area contributed by atoms with Crippen molar-refractivity contribution in [3.8, 4) is 0 Å². The van der Waals surface area contributed by atoms with Crippen molar-refractivity contribution in [1.82, 2.24) is 4.90 Å². The topological polar surface area (TPSA) is 88.9 Å². The van der Waals surface area contributed by atoms with Gasteiger partial charge in [-0.25, -0.2) is 4.39 Å². The molecule has 0 aliphatic carbocycles. The molecule has 0 spiro atoms. The number of carbonyl (C=O) groups is 3. The molecule has 7 nitrogen and oxygen atoms in total. The molecule has 1 aliphatic heterocycles. The molecule has 0 radical (unpaired) electrons. The summed E-state index contributed by atoms with van der Waals surface area (Å²) in [5, 5.41) is 2.36. The Bertz CT molecular complexity index is 886. The average Bonchev–Trinajstić information content (AvgIpc) is 3.28. The second-order valence-electron chi connectivity index (χ2n) is 6.45. The second kappa shape index (κ2) is 8.43. The van der Waals surface area contributed by atoms with Crippen LogP contribution in [0.4, 0.5) is 10.1 Å². The maximum Gasteiger partial charge on any atom is 0.312 e. The number of rotatable bonds is 6. The number of hydrogen-bond acceptors (Lipinski definition) is 5. The van der Waals surface area contributed by atoms with E-state index in [0.717, 1.165) is 6.07 Å². The van der Waals surface area contributed by atoms with Crippen LogP contribution < -0.4 is 5.32 Å². The van der Waals surface area contributed by atoms with Crippen LogP contribution in [0.2, 0.25) is 5.02 Å². The molecule has 1 saturated heterocycles. The van der Waals surface area contributed by atoms with E-state index in [1.165, 1.54) is 30.2 Å². The van der Waals surface area contributed by atoms with Gasteiger partial charge in [-0.15, -0.1) is 0 Å². The lowest BCUT2D eigenvalue weighted by molar-refractivity contribution is -0.157. The molecular formula is C19H18ClFN2O5. The van der Waals surface area contributed by atoms with E-state index in [2.05, 4.69) is 5.32 Å². The number of nitrogens with one attached hydrogen (secondary N) is 1. The van der Waals surface area contributed by atoms with Gasteiger partial charge in [0, 0.05) is 18.7 Å². The number of nitrogens with zero attached hydrogens (tertiary/aromatic N) is 1. The minimum absolute atomic E-state index is 0.0153. The molecule has 2 atom stereocenters. The summed E-state index contributed by atoms with van der Waals surface area (Å²) >= 11 is 5.67. The summed E-state index contributed by atoms with van der Waals surface area (Å²) in [6.07, 6.45) is 0.433. The van der Waals surface area contributed by atoms with Crippen molar-refractivity contribution in [1.29, 1.82) is 0 Å². The summed E-state index contributed by atoms with van der Waals surface area (Å²) in [4.78, 5) is 38.1. The van der Waals surface area contributed by atoms with Gasteiger partial charge in [0.05, 0.1) is 23.7 Å². The number of carbonyl (C=O) groups excluding carboxylic acids is 3. The highest BCUT2D eigenvalue weighted by molar-refractivity contribution is 6.31. The zero-order chi connectivity index (χ0) is 20.3. The van der Waals surface area contributed by atoms with Gasteiger partial charge in [0.15, 0.2) is 6.10 Å². The predicted molar refractivity (Wildman–Crippen MR) is 97.8 cm³/mol. The number of halogens is 2. The van der Waals surface area contributed by atoms with Crippen molar-refractivity contribution in [2.45, 2.75) is 26.0 Å². The number of anilines is 1. The summed E-state index contributed by atoms with van der Waals surface area (Å²) in [6, 6.07) is 7.18. The van der Waals surface area contributed by atoms with Crippen molar-refractivity contribution in [2.75, 3.05) is 11.9 Å². The lowest BCUT2D eigenvalue weighted by Crippen LogP contribution is -2.33. The van der Waals surface area contributed by atoms with Crippen molar-refractivity contribution >= 4 is 35.1 Å². The number of esters is 1. The molecule has 9 heteroatoms. The molecule has 0 saturated carbocycles. The third kappa shape index (κ3) is 4.69. The normalized spacial score (nSPS) is 17.5. The molecule has 1 N–H and O–H groups in total. The van der Waals surface area contributed by atoms with Gasteiger partial charge in [0.1, 0.15) is 11.6 Å². The number of furan rings is 1. The third-order valence-electron chi connectivity index (χ3n) is 4.32. The average molecular weight is 409 g/mol. The molecule has 1 aromatic carbocycles. The van der Waals surface area contributed by atoms with Crippen molar-refractivity contribution in [3.63, 3.8) is 0 Å². The number of benzene rings is 1. The first-order chi connectivity index (χ1) is 13.3. The van der Waals surface area contributed by atoms with Crippen molar-refractivity contribution in [2.24, 2.45) is 5.92 Å². The van der Waals surface area contributed by atoms with Crippen LogP contribution in [0.5, 0.6) is 0 Å². The highest BCUT2D eigenvalue weighted by Crippen LogP contribution is 2.23. The molecule has 0 unspecified atom stereocenters. The maximum absolute atomic E-state index is 13.2. The van der Waals surface area contributed by atoms with E-state index in [9.17, 15) is 18.8 Å². The lowest BCUT2D eigenvalue weighted by atomic mass is 10.1. The molecule has 2 amide bonds. The highest BCUT2D eigenvalue weighted by atomic mass is 35.5. The van der Waals surface area contributed by atoms with Gasteiger partial charge in [-0.3, -0.25) is 14.4 Å². The molecule has 2 heterocycles. The van der Waals surface area contributed by atoms with Gasteiger partial charge in [-0.1, -0.05) is 11.6 Å². The fourth-order valence-corrected chi connectivity index (χ4v) is 3.00. The van der Waals surface area contributed by atoms with Gasteiger partial charge in [-0.2, -0.15) is 0 Å². The van der Waals surface area contributed by atoms with Gasteiger partial charge >= 0.3 is 5.97 Å². The van der Waals surface area contributed by atoms with Crippen LogP contribution in [0.15, 0.2) is 41.0 Å². The molecular weight excluding hydrogens is 391 g/mol. The van der Waals surface area contributed by atoms with E-state index in [4.69, 9.17) is 20.8 Å². The smallest absolute Gasteiger partial charge is 0.312 e. The third-order valence-corrected chi connectivity index (χ3v) is 4.61. The van der Waals surface area contributed by atoms with Crippen LogP contribution in [0.25, 0.3) is 0 Å². The molecule has 1 aliphatic rings. The van der Waals surface area contributed by atoms with Crippen molar-refractivity contribution < 1.29 is 27.9 Å². The Kier molecular flexibility index (Phi) is 5.99. The van der Waals surface area contributed by atoms with Crippen LogP contribution in [0, 0.1) is 11.7 Å². The van der Waals surface area contributed by atoms with E-state index < -0.39 is 29.7 Å². The van der Waals surface area contributed by atoms with Crippen LogP contribution in [0.1, 0.15) is 19.1 Å². The van der Waals surface area contributed by atoms with E-state index in [1.807, 2.05) is 0 Å². The summed E-state index contributed by atoms with van der Waals surface area (Å²) in [5.74, 6) is -2.05. The molecule has 2 aromatic rings. The summed E-state index contributed by atoms with van der Waals surface area (Å²) in [6.45, 7) is 1.88. The largest absolute Gasteiger partial charge is 0.467 e. The van der Waals surface area contributed by atoms with Gasteiger partial charge in [-0.05, 0) is 37.3 Å². The Morgan fingerprint density at radius 1 is 1.43 bits per heavy atom. The Balaban J connectivity index is 1.52. The minimum Gasteiger partial charge on any atom is -0.467 e. The minimum atomic E-state index is -1.09. The molecule has 0 bridgehead atoms. The van der Waals surface area contributed by atoms with Gasteiger partial charge < -0.3 is 19.4 Å². The van der Waals surface area contributed by atoms with Crippen molar-refractivity contribution in [3.05, 3.63) is 53.2 Å². The molecule has 1 fully saturated rings. The second-order valence-corrected chi connectivity index (χ2v) is 6.86. The SMILES string of the molecule is C[C@H](OC(=O)[C@H]1CC(=O)N(Cc2ccco2)C1)C(=O)Nc1ccc(F)c(Cl)c1. The van der Waals surface area contributed by atoms with Crippen LogP contribution in [-0.2, 0) is 25.7 Å². The standard InChI is InChI=1S/C19H18ClFN2O5/c1-11(18(25)22-13-4-5-16(21)15(20)8-13)28-19(26)12-7-17(24)23(9-12)10-14-3-2-6-27-14/h2-6,8,11-12H,7,9-10H2,1H3,(H,22,25)/t11-,12-/m0/s1. The van der Waals surface area contributed by atoms with Gasteiger partial charge in [0.2, 0.25) is 5.91 Å². The monoisotopic (exact) mass is 408 g/mol. The first kappa shape index (κ1) is 19.9. The highest BCUT2D eigenvalue weighted by Gasteiger charge is 2.36. The summed E-state index contributed by atoms with van der Waals surface area (Å²) in [5.41, 5.74) is 0.278. The zero-order valence-electron chi connectivity index (χ0n) is 15.0. The zero-order valence-corrected chi connectivity index (χ0v) is 15.7. The lowest BCUT2D eigenvalue weighted by Gasteiger charge is -2.17. The molecule has 3 rings (SSSR count). The summed E-state index contributed by atoms with van der Waals surface area (Å²) in [7, 11) is 0. The predicted octanol–water partition coefficient (Wildman–Crippen LogP) is 2.99. The molecule has 1 aromatic heterocycles. The molecule has 28 heavy (non-hydrogen) atoms. The van der Waals surface area contributed by atoms with Crippen LogP contribution in [-0.4, -0.2) is 35.3 Å². The Morgan fingerprint density at radius 3 is 2.89 bits per heavy atom. The fraction of sp³-hybridized carbons (Fsp3) is 0.316. The first-order valence-corrected chi connectivity index (χ1v) is 8.98. The quantitative estimate of drug-likeness (QED) is 0.742. The van der Waals surface area contributed by atoms with E-state index in [1.54, 1.807) is 12.1 Å². The fourth-order valence-electron chi connectivity index (χ4n) is 2.82. The number of hydrogen-bond donors (Lipinski definition) is 1. The Labute approximate surface area is 165 Å². The van der Waals surface area contributed by atoms with Gasteiger partial charge in [0.25, 0.3) is 5.91 Å². The van der Waals surface area contributed by atoms with Crippen LogP contribution >= 0.6 is 11.6 Å². The number of ether oxygens (including phenoxy) is 1. The maximum atomic E-state index is 13.2. The Morgan fingerprint density at radius 2 is 2.21 bits per heavy atom. The molecule has 148 valence electrons.